The van der Waals surface area contributed by atoms with Crippen molar-refractivity contribution in [2.75, 3.05) is 6.61 Å². The Labute approximate surface area is 227 Å². The second-order valence-electron chi connectivity index (χ2n) is 9.51. The number of nitrogens with zero attached hydrogens (tertiary/aromatic N) is 4. The summed E-state index contributed by atoms with van der Waals surface area (Å²) in [6, 6.07) is 10.4. The smallest absolute Gasteiger partial charge is 0.239 e. The number of unbranched alkanes of at least 4 members (excludes halogenated alkanes) is 9. The molecule has 6 heteroatoms. The molecule has 0 radical (unpaired) electrons. The Hall–Kier alpha value is -2.60. The molecule has 0 aliphatic carbocycles. The summed E-state index contributed by atoms with van der Waals surface area (Å²) in [6.45, 7) is 2.95. The first-order chi connectivity index (χ1) is 18.3. The van der Waals surface area contributed by atoms with Crippen LogP contribution >= 0.6 is 11.8 Å². The minimum absolute atomic E-state index is 0.694. The molecular weight excluding hydrogens is 476 g/mol. The third-order valence-electron chi connectivity index (χ3n) is 6.34. The quantitative estimate of drug-likeness (QED) is 0.0684. The van der Waals surface area contributed by atoms with Crippen molar-refractivity contribution in [1.82, 2.24) is 19.7 Å². The summed E-state index contributed by atoms with van der Waals surface area (Å²) in [7, 11) is 1.92. The lowest BCUT2D eigenvalue weighted by molar-refractivity contribution is 0.282. The molecule has 0 saturated heterocycles. The second-order valence-corrected chi connectivity index (χ2v) is 10.5. The van der Waals surface area contributed by atoms with Gasteiger partial charge < -0.3 is 4.74 Å². The molecule has 0 unspecified atom stereocenters. The largest absolute Gasteiger partial charge is 0.476 e. The van der Waals surface area contributed by atoms with Gasteiger partial charge in [-0.1, -0.05) is 112 Å². The van der Waals surface area contributed by atoms with Gasteiger partial charge in [0.25, 0.3) is 0 Å². The van der Waals surface area contributed by atoms with E-state index in [0.717, 1.165) is 40.5 Å². The van der Waals surface area contributed by atoms with Gasteiger partial charge in [-0.25, -0.2) is 14.6 Å². The summed E-state index contributed by atoms with van der Waals surface area (Å²) in [5.74, 6) is 1.59. The number of aromatic nitrogens is 4. The van der Waals surface area contributed by atoms with Crippen LogP contribution in [0.15, 0.2) is 66.0 Å². The molecule has 3 rings (SSSR count). The Morgan fingerprint density at radius 3 is 2.27 bits per heavy atom. The van der Waals surface area contributed by atoms with Crippen LogP contribution in [0, 0.1) is 0 Å². The second kappa shape index (κ2) is 17.8. The predicted molar refractivity (Wildman–Crippen MR) is 157 cm³/mol. The summed E-state index contributed by atoms with van der Waals surface area (Å²) >= 11 is 1.69. The number of ether oxygens (including phenoxy) is 1. The maximum atomic E-state index is 6.11. The van der Waals surface area contributed by atoms with E-state index in [4.69, 9.17) is 4.74 Å². The fraction of sp³-hybridized carbons (Fsp3) is 0.516. The molecular formula is C31H44N4OS. The van der Waals surface area contributed by atoms with Gasteiger partial charge in [-0.2, -0.15) is 5.10 Å². The van der Waals surface area contributed by atoms with Crippen LogP contribution in [0.2, 0.25) is 0 Å². The lowest BCUT2D eigenvalue weighted by Crippen LogP contribution is -2.02. The van der Waals surface area contributed by atoms with Crippen LogP contribution in [0.4, 0.5) is 0 Å². The number of rotatable bonds is 19. The average molecular weight is 521 g/mol. The minimum Gasteiger partial charge on any atom is -0.476 e. The number of benzene rings is 1. The van der Waals surface area contributed by atoms with Gasteiger partial charge in [0.15, 0.2) is 5.52 Å². The molecule has 2 aromatic heterocycles. The molecule has 2 heterocycles. The summed E-state index contributed by atoms with van der Waals surface area (Å²) in [6.07, 6.45) is 25.8. The number of hydrogen-bond donors (Lipinski definition) is 0. The average Bonchev–Trinajstić information content (AvgIpc) is 3.25. The fourth-order valence-electron chi connectivity index (χ4n) is 4.21. The highest BCUT2D eigenvalue weighted by Crippen LogP contribution is 2.31. The molecule has 0 fully saturated rings. The van der Waals surface area contributed by atoms with Crippen molar-refractivity contribution < 1.29 is 4.74 Å². The van der Waals surface area contributed by atoms with Crippen molar-refractivity contribution in [3.8, 4) is 5.88 Å². The molecule has 5 nitrogen and oxygen atoms in total. The molecule has 0 aliphatic rings. The van der Waals surface area contributed by atoms with Gasteiger partial charge in [-0.3, -0.25) is 0 Å². The maximum Gasteiger partial charge on any atom is 0.239 e. The summed E-state index contributed by atoms with van der Waals surface area (Å²) in [5.41, 5.74) is 2.88. The Morgan fingerprint density at radius 1 is 0.811 bits per heavy atom. The molecule has 200 valence electrons. The monoisotopic (exact) mass is 520 g/mol. The summed E-state index contributed by atoms with van der Waals surface area (Å²) < 4.78 is 7.91. The van der Waals surface area contributed by atoms with Gasteiger partial charge >= 0.3 is 0 Å². The van der Waals surface area contributed by atoms with Crippen molar-refractivity contribution in [2.45, 2.75) is 94.8 Å². The molecule has 0 saturated carbocycles. The SMILES string of the molecule is CCCCC/C=C\C/C=C\CCCCCCCCOc1c2ncnc(SCc3ccccc3)c2nn1C. The summed E-state index contributed by atoms with van der Waals surface area (Å²) in [4.78, 5) is 8.94. The highest BCUT2D eigenvalue weighted by Gasteiger charge is 2.16. The van der Waals surface area contributed by atoms with E-state index >= 15 is 0 Å². The van der Waals surface area contributed by atoms with E-state index in [-0.39, 0.29) is 0 Å². The van der Waals surface area contributed by atoms with Gasteiger partial charge in [0.05, 0.1) is 6.61 Å². The molecule has 0 aliphatic heterocycles. The van der Waals surface area contributed by atoms with Crippen molar-refractivity contribution in [2.24, 2.45) is 7.05 Å². The Balaban J connectivity index is 1.27. The van der Waals surface area contributed by atoms with Gasteiger partial charge in [0.1, 0.15) is 16.9 Å². The molecule has 0 atom stereocenters. The van der Waals surface area contributed by atoms with E-state index in [2.05, 4.69) is 70.6 Å². The minimum atomic E-state index is 0.694. The van der Waals surface area contributed by atoms with E-state index in [1.54, 1.807) is 22.8 Å². The van der Waals surface area contributed by atoms with Crippen LogP contribution in [0.3, 0.4) is 0 Å². The zero-order chi connectivity index (χ0) is 26.0. The Kier molecular flexibility index (Phi) is 13.9. The van der Waals surface area contributed by atoms with Gasteiger partial charge in [-0.15, -0.1) is 0 Å². The van der Waals surface area contributed by atoms with E-state index in [9.17, 15) is 0 Å². The number of allylic oxidation sites excluding steroid dienone is 4. The standard InChI is InChI=1S/C31H44N4OS/c1-3-4-5-6-7-8-9-10-11-12-13-14-15-16-17-21-24-36-31-29-28(34-35(31)2)30(33-26-32-29)37-25-27-22-19-18-20-23-27/h7-8,10-11,18-20,22-23,26H,3-6,9,12-17,21,24-25H2,1-2H3/b8-7-,11-10-. The molecule has 0 bridgehead atoms. The van der Waals surface area contributed by atoms with Gasteiger partial charge in [-0.05, 0) is 44.1 Å². The van der Waals surface area contributed by atoms with Crippen LogP contribution in [-0.2, 0) is 12.8 Å². The zero-order valence-electron chi connectivity index (χ0n) is 22.8. The van der Waals surface area contributed by atoms with Crippen LogP contribution in [0.1, 0.15) is 89.5 Å². The van der Waals surface area contributed by atoms with Crippen LogP contribution in [0.5, 0.6) is 5.88 Å². The molecule has 1 aromatic carbocycles. The summed E-state index contributed by atoms with van der Waals surface area (Å²) in [5, 5.41) is 5.55. The van der Waals surface area contributed by atoms with Crippen molar-refractivity contribution >= 4 is 22.8 Å². The van der Waals surface area contributed by atoms with Crippen molar-refractivity contribution in [3.05, 3.63) is 66.5 Å². The van der Waals surface area contributed by atoms with Crippen LogP contribution in [0.25, 0.3) is 11.0 Å². The third kappa shape index (κ3) is 10.7. The number of aryl methyl sites for hydroxylation is 1. The highest BCUT2D eigenvalue weighted by atomic mass is 32.2. The van der Waals surface area contributed by atoms with E-state index in [1.807, 2.05) is 13.1 Å². The highest BCUT2D eigenvalue weighted by molar-refractivity contribution is 7.98. The topological polar surface area (TPSA) is 52.8 Å². The predicted octanol–water partition coefficient (Wildman–Crippen LogP) is 8.85. The normalized spacial score (nSPS) is 11.8. The molecule has 0 spiro atoms. The first-order valence-electron chi connectivity index (χ1n) is 14.1. The van der Waals surface area contributed by atoms with Crippen LogP contribution < -0.4 is 4.74 Å². The van der Waals surface area contributed by atoms with E-state index < -0.39 is 0 Å². The maximum absolute atomic E-state index is 6.11. The number of hydrogen-bond acceptors (Lipinski definition) is 5. The molecule has 3 aromatic rings. The first kappa shape index (κ1) is 29.0. The third-order valence-corrected chi connectivity index (χ3v) is 7.39. The van der Waals surface area contributed by atoms with E-state index in [0.29, 0.717) is 6.61 Å². The molecule has 37 heavy (non-hydrogen) atoms. The van der Waals surface area contributed by atoms with E-state index in [1.165, 1.54) is 69.8 Å². The van der Waals surface area contributed by atoms with Crippen LogP contribution in [-0.4, -0.2) is 26.4 Å². The number of fused-ring (bicyclic) bond motifs is 1. The fourth-order valence-corrected chi connectivity index (χ4v) is 5.10. The Bertz CT molecular complexity index is 1080. The molecule has 0 amide bonds. The zero-order valence-corrected chi connectivity index (χ0v) is 23.6. The first-order valence-corrected chi connectivity index (χ1v) is 15.1. The lowest BCUT2D eigenvalue weighted by Gasteiger charge is -2.06. The molecule has 0 N–H and O–H groups in total. The Morgan fingerprint density at radius 2 is 1.51 bits per heavy atom. The van der Waals surface area contributed by atoms with Crippen molar-refractivity contribution in [3.63, 3.8) is 0 Å². The lowest BCUT2D eigenvalue weighted by atomic mass is 10.1. The van der Waals surface area contributed by atoms with Gasteiger partial charge in [0, 0.05) is 12.8 Å². The number of thioether (sulfide) groups is 1. The van der Waals surface area contributed by atoms with Crippen molar-refractivity contribution in [1.29, 1.82) is 0 Å². The van der Waals surface area contributed by atoms with Gasteiger partial charge in [0.2, 0.25) is 5.88 Å².